The van der Waals surface area contributed by atoms with E-state index in [0.717, 1.165) is 68.6 Å². The molecule has 0 spiro atoms. The average Bonchev–Trinajstić information content (AvgIpc) is 3.37. The third kappa shape index (κ3) is 50.9. The van der Waals surface area contributed by atoms with Crippen LogP contribution in [-0.4, -0.2) is 57.5 Å². The van der Waals surface area contributed by atoms with Crippen LogP contribution in [0, 0.1) is 166 Å². The third-order valence-electron chi connectivity index (χ3n) is 18.7. The molecule has 0 unspecified atom stereocenters. The Morgan fingerprint density at radius 3 is 0.594 bits per heavy atom. The van der Waals surface area contributed by atoms with Gasteiger partial charge in [-0.3, -0.25) is 0 Å². The van der Waals surface area contributed by atoms with Gasteiger partial charge in [0.1, 0.15) is 0 Å². The SMILES string of the molecule is C.C.C.CC.CC.CC.C[CH-]C(C)(C)C(C)(C)[C-](C)C(C)(C)CS(N)(=O)=O.C[CH-]C(C)(C)C(C)(C)[C-](C)C(C)(C)CS(N)(=O)=O.C[CH-]C(C)(C)C(C)(C)[C-](C)C(C)(C)CS(N)(=O)=O.Cc1c[c-]c(C)c(C)n1.Cc1c[c-]c(C)c(C)n1.Cc1c[c-]c(C)c(C)n1.[W+2].[W+2].[W+2].[Y].[Y].[Y]. The number of primary sulfonamides is 3. The van der Waals surface area contributed by atoms with Gasteiger partial charge in [0, 0.05) is 115 Å². The van der Waals surface area contributed by atoms with Crippen LogP contribution in [-0.2, 0) is 191 Å². The maximum atomic E-state index is 11.4. The molecule has 0 fully saturated rings. The Hall–Kier alpha value is 2.56. The van der Waals surface area contributed by atoms with E-state index in [9.17, 15) is 25.3 Å². The van der Waals surface area contributed by atoms with E-state index in [4.69, 9.17) is 15.4 Å². The van der Waals surface area contributed by atoms with Crippen molar-refractivity contribution in [3.05, 3.63) is 124 Å². The van der Waals surface area contributed by atoms with Gasteiger partial charge in [-0.05, 0) is 0 Å². The molecule has 3 heterocycles. The molecule has 0 aliphatic heterocycles. The van der Waals surface area contributed by atoms with Crippen LogP contribution in [0.3, 0.4) is 0 Å². The van der Waals surface area contributed by atoms with Crippen LogP contribution in [0.25, 0.3) is 0 Å². The van der Waals surface area contributed by atoms with E-state index < -0.39 is 46.3 Å². The molecule has 21 heteroatoms. The summed E-state index contributed by atoms with van der Waals surface area (Å²) >= 11 is 0. The zero-order valence-electron chi connectivity index (χ0n) is 66.3. The summed E-state index contributed by atoms with van der Waals surface area (Å²) in [6.45, 7) is 79.9. The van der Waals surface area contributed by atoms with Gasteiger partial charge in [-0.1, -0.05) is 285 Å². The Morgan fingerprint density at radius 1 is 0.365 bits per heavy atom. The number of nitrogens with two attached hydrogens (primary N) is 3. The average molecular weight is 2140 g/mol. The van der Waals surface area contributed by atoms with Gasteiger partial charge in [0.25, 0.3) is 0 Å². The van der Waals surface area contributed by atoms with Gasteiger partial charge in [-0.15, -0.1) is 32.9 Å². The number of aryl methyl sites for hydroxylation is 9. The van der Waals surface area contributed by atoms with E-state index in [0.29, 0.717) is 0 Å². The molecular formula is C75H147N6O6S3W3Y3-3. The Morgan fingerprint density at radius 2 is 0.500 bits per heavy atom. The number of nitrogens with zero attached hydrogens (tertiary/aromatic N) is 3. The van der Waals surface area contributed by atoms with Crippen LogP contribution in [0.15, 0.2) is 18.2 Å². The van der Waals surface area contributed by atoms with Crippen molar-refractivity contribution in [3.63, 3.8) is 0 Å². The summed E-state index contributed by atoms with van der Waals surface area (Å²) in [5.74, 6) is 3.42. The van der Waals surface area contributed by atoms with E-state index in [1.165, 1.54) is 0 Å². The molecule has 0 bridgehead atoms. The van der Waals surface area contributed by atoms with Gasteiger partial charge in [-0.2, -0.15) is 110 Å². The van der Waals surface area contributed by atoms with Gasteiger partial charge in [-0.25, -0.2) is 40.7 Å². The second-order valence-corrected chi connectivity index (χ2v) is 32.5. The summed E-state index contributed by atoms with van der Waals surface area (Å²) in [6, 6.07) is 15.0. The first kappa shape index (κ1) is 134. The van der Waals surface area contributed by atoms with Crippen LogP contribution in [0.5, 0.6) is 0 Å². The Kier molecular flexibility index (Phi) is 80.7. The molecule has 3 rings (SSSR count). The van der Waals surface area contributed by atoms with Crippen LogP contribution < -0.4 is 15.4 Å². The second kappa shape index (κ2) is 57.7. The van der Waals surface area contributed by atoms with Gasteiger partial charge in [0.2, 0.25) is 30.1 Å². The van der Waals surface area contributed by atoms with Crippen LogP contribution in [0.4, 0.5) is 0 Å². The predicted molar refractivity (Wildman–Crippen MR) is 401 cm³/mol. The largest absolute Gasteiger partial charge is 2.00 e. The monoisotopic (exact) mass is 2140 g/mol. The van der Waals surface area contributed by atoms with Crippen LogP contribution in [0.1, 0.15) is 281 Å². The molecule has 6 N–H and O–H groups in total. The standard InChI is InChI=1S/3C14H29NO2S.3C8H10N.3C2H6.3CH4.3W.3Y/c3*1-9-13(5,6)14(7,8)11(2)12(3,4)10-18(15,16)17;3*1-6-4-5-7(2)9-8(6)3;3*1-2;;;;;;;;;/h3*9H,10H2,1-8H3,(H2,15,16,17);3*5H,1-3H3;3*1-2H3;3*1H4;;;;;;/q3*-2;3*-1;;;;;;;3*+2;;;. The van der Waals surface area contributed by atoms with E-state index >= 15 is 0 Å². The van der Waals surface area contributed by atoms with Crippen LogP contribution in [0.2, 0.25) is 0 Å². The predicted octanol–water partition coefficient (Wildman–Crippen LogP) is 19.9. The fraction of sp³-hybridized carbons (Fsp3) is 0.720. The topological polar surface area (TPSA) is 219 Å². The number of pyridine rings is 3. The van der Waals surface area contributed by atoms with Crippen molar-refractivity contribution in [1.29, 1.82) is 0 Å². The summed E-state index contributed by atoms with van der Waals surface area (Å²) in [7, 11) is -10.4. The van der Waals surface area contributed by atoms with Gasteiger partial charge in [0.05, 0.1) is 0 Å². The normalized spacial score (nSPS) is 11.5. The molecule has 0 amide bonds. The Labute approximate surface area is 720 Å². The molecule has 0 saturated heterocycles. The molecule has 3 radical (unpaired) electrons. The second-order valence-electron chi connectivity index (χ2n) is 27.6. The fourth-order valence-electron chi connectivity index (χ4n) is 9.00. The van der Waals surface area contributed by atoms with Crippen molar-refractivity contribution in [2.75, 3.05) is 17.3 Å². The summed E-state index contributed by atoms with van der Waals surface area (Å²) in [5, 5.41) is 15.6. The minimum absolute atomic E-state index is 0. The zero-order chi connectivity index (χ0) is 71.5. The minimum atomic E-state index is -3.47. The van der Waals surface area contributed by atoms with E-state index in [1.54, 1.807) is 0 Å². The van der Waals surface area contributed by atoms with Crippen molar-refractivity contribution in [2.24, 2.45) is 64.2 Å². The molecule has 3 aromatic heterocycles. The van der Waals surface area contributed by atoms with E-state index in [2.05, 4.69) is 135 Å². The number of rotatable bonds is 18. The zero-order valence-corrected chi connectivity index (χ0v) is 86.1. The van der Waals surface area contributed by atoms with Gasteiger partial charge < -0.3 is 52.0 Å². The van der Waals surface area contributed by atoms with Gasteiger partial charge in [0.15, 0.2) is 0 Å². The number of hydrogen-bond acceptors (Lipinski definition) is 9. The van der Waals surface area contributed by atoms with Crippen molar-refractivity contribution in [1.82, 2.24) is 15.0 Å². The summed E-state index contributed by atoms with van der Waals surface area (Å²) in [6.07, 6.45) is 6.51. The number of aromatic nitrogens is 3. The van der Waals surface area contributed by atoms with Crippen molar-refractivity contribution >= 4 is 30.1 Å². The summed E-state index contributed by atoms with van der Waals surface area (Å²) in [5.41, 5.74) is 8.15. The van der Waals surface area contributed by atoms with Crippen molar-refractivity contribution < 1.29 is 187 Å². The summed E-state index contributed by atoms with van der Waals surface area (Å²) < 4.78 is 68.1. The molecule has 96 heavy (non-hydrogen) atoms. The molecule has 0 aromatic carbocycles. The van der Waals surface area contributed by atoms with Crippen molar-refractivity contribution in [3.8, 4) is 0 Å². The first-order valence-electron chi connectivity index (χ1n) is 31.1. The van der Waals surface area contributed by atoms with Crippen LogP contribution >= 0.6 is 0 Å². The Bertz CT molecular complexity index is 2500. The first-order valence-corrected chi connectivity index (χ1v) is 36.2. The van der Waals surface area contributed by atoms with Gasteiger partial charge >= 0.3 is 63.2 Å². The molecule has 0 atom stereocenters. The van der Waals surface area contributed by atoms with E-state index in [1.807, 2.05) is 205 Å². The molecule has 3 aromatic rings. The fourth-order valence-corrected chi connectivity index (χ4v) is 12.7. The molecule has 561 valence electrons. The molecule has 0 saturated carbocycles. The molecule has 12 nitrogen and oxygen atoms in total. The van der Waals surface area contributed by atoms with Crippen molar-refractivity contribution in [2.45, 2.75) is 292 Å². The smallest absolute Gasteiger partial charge is 0.385 e. The minimum Gasteiger partial charge on any atom is -0.385 e. The van der Waals surface area contributed by atoms with E-state index in [-0.39, 0.29) is 233 Å². The molecule has 0 aliphatic carbocycles. The quantitative estimate of drug-likeness (QED) is 0.103. The molecular weight excluding hydrogens is 2000 g/mol. The third-order valence-corrected chi connectivity index (χ3v) is 22.1. The number of sulfonamides is 3. The maximum Gasteiger partial charge on any atom is 2.00 e. The molecule has 0 aliphatic rings. The maximum absolute atomic E-state index is 11.4. The Balaban J connectivity index is -0.0000000621. The summed E-state index contributed by atoms with van der Waals surface area (Å²) in [4.78, 5) is 12.7. The number of hydrogen-bond donors (Lipinski definition) is 3. The first-order chi connectivity index (χ1) is 38.6.